The van der Waals surface area contributed by atoms with Crippen molar-refractivity contribution in [1.82, 2.24) is 9.44 Å². The third-order valence-corrected chi connectivity index (χ3v) is 11.7. The normalized spacial score (nSPS) is 23.5. The Labute approximate surface area is 238 Å². The maximum atomic E-state index is 12.5. The lowest BCUT2D eigenvalue weighted by molar-refractivity contribution is 0.0688. The third kappa shape index (κ3) is 13.7. The van der Waals surface area contributed by atoms with Crippen molar-refractivity contribution in [1.29, 1.82) is 0 Å². The Hall–Kier alpha value is -0.563. The molecule has 0 spiro atoms. The van der Waals surface area contributed by atoms with Crippen LogP contribution in [0.5, 0.6) is 0 Å². The first kappa shape index (κ1) is 35.5. The van der Waals surface area contributed by atoms with Crippen LogP contribution in [0.2, 0.25) is 19.1 Å². The molecule has 2 aliphatic rings. The van der Waals surface area contributed by atoms with Gasteiger partial charge in [-0.05, 0) is 112 Å². The molecule has 2 rings (SSSR count). The van der Waals surface area contributed by atoms with E-state index in [2.05, 4.69) is 36.4 Å². The molecule has 0 aromatic heterocycles. The zero-order valence-electron chi connectivity index (χ0n) is 25.2. The van der Waals surface area contributed by atoms with Crippen LogP contribution in [0.3, 0.4) is 0 Å². The maximum Gasteiger partial charge on any atom is 0.188 e. The molecule has 6 atom stereocenters. The molecule has 38 heavy (non-hydrogen) atoms. The fourth-order valence-electron chi connectivity index (χ4n) is 4.02. The van der Waals surface area contributed by atoms with E-state index in [-0.39, 0.29) is 46.5 Å². The van der Waals surface area contributed by atoms with Crippen LogP contribution in [0.25, 0.3) is 0 Å². The van der Waals surface area contributed by atoms with Crippen LogP contribution >= 0.6 is 0 Å². The molecule has 0 bridgehead atoms. The van der Waals surface area contributed by atoms with Gasteiger partial charge in [0.15, 0.2) is 8.32 Å². The van der Waals surface area contributed by atoms with Crippen molar-refractivity contribution in [3.63, 3.8) is 0 Å². The molecule has 2 aliphatic heterocycles. The molecule has 0 aliphatic carbocycles. The van der Waals surface area contributed by atoms with E-state index >= 15 is 0 Å². The summed E-state index contributed by atoms with van der Waals surface area (Å²) in [5.41, 5.74) is 0. The Kier molecular flexibility index (Phi) is 15.0. The molecule has 8 nitrogen and oxygen atoms in total. The lowest BCUT2D eigenvalue weighted by Gasteiger charge is -2.36. The summed E-state index contributed by atoms with van der Waals surface area (Å²) in [6, 6.07) is 0.682. The summed E-state index contributed by atoms with van der Waals surface area (Å²) < 4.78 is 47.4. The van der Waals surface area contributed by atoms with Crippen LogP contribution in [0.1, 0.15) is 81.1 Å². The third-order valence-electron chi connectivity index (χ3n) is 5.92. The van der Waals surface area contributed by atoms with E-state index in [9.17, 15) is 13.5 Å². The van der Waals surface area contributed by atoms with Crippen molar-refractivity contribution in [2.45, 2.75) is 140 Å². The van der Waals surface area contributed by atoms with Gasteiger partial charge in [-0.25, -0.2) is 17.9 Å². The lowest BCUT2D eigenvalue weighted by atomic mass is 10.1. The molecule has 0 amide bonds. The van der Waals surface area contributed by atoms with Crippen LogP contribution < -0.4 is 9.44 Å². The van der Waals surface area contributed by atoms with Gasteiger partial charge in [0.1, 0.15) is 12.2 Å². The van der Waals surface area contributed by atoms with Gasteiger partial charge in [0.25, 0.3) is 0 Å². The first-order chi connectivity index (χ1) is 17.5. The van der Waals surface area contributed by atoms with Crippen LogP contribution in [0, 0.1) is 0 Å². The number of aliphatic hydroxyl groups excluding tert-OH is 1. The molecule has 0 aromatic rings. The van der Waals surface area contributed by atoms with Crippen molar-refractivity contribution in [3.8, 4) is 0 Å². The van der Waals surface area contributed by atoms with Gasteiger partial charge in [-0.15, -0.1) is 0 Å². The first-order valence-electron chi connectivity index (χ1n) is 13.7. The molecule has 0 aromatic carbocycles. The largest absolute Gasteiger partial charge is 0.497 e. The molecule has 3 N–H and O–H groups in total. The van der Waals surface area contributed by atoms with Crippen LogP contribution in [0.15, 0.2) is 24.7 Å². The van der Waals surface area contributed by atoms with Crippen molar-refractivity contribution < 1.29 is 27.4 Å². The van der Waals surface area contributed by atoms with E-state index in [1.54, 1.807) is 12.5 Å². The van der Waals surface area contributed by atoms with Gasteiger partial charge >= 0.3 is 0 Å². The van der Waals surface area contributed by atoms with E-state index in [4.69, 9.17) is 13.9 Å². The monoisotopic (exact) mass is 594 g/mol. The molecule has 0 saturated heterocycles. The van der Waals surface area contributed by atoms with Crippen LogP contribution in [-0.2, 0) is 35.9 Å². The standard InChI is InChI=1S/C16H33NO3SSi.C11H21NO3S/c1-13(2)20-22(6,7)12-14(15-10-8-9-11-19-15)17-21(18)16(3,4)5;1-11(2,3)16(14)12-9(8-13)10-6-4-5-7-15-10/h9,11,13-15,17H,8,10,12H2,1-7H3;5,7,9-10,12-13H,4,6,8H2,1-3H3/t14-,15-,21-;9-,10-,16-/m00/s1. The van der Waals surface area contributed by atoms with Gasteiger partial charge in [0.05, 0.1) is 62.7 Å². The highest BCUT2D eigenvalue weighted by Crippen LogP contribution is 2.25. The summed E-state index contributed by atoms with van der Waals surface area (Å²) in [4.78, 5) is 0. The second-order valence-corrected chi connectivity index (χ2v) is 20.9. The van der Waals surface area contributed by atoms with Gasteiger partial charge < -0.3 is 19.0 Å². The first-order valence-corrected chi connectivity index (χ1v) is 19.1. The van der Waals surface area contributed by atoms with Crippen molar-refractivity contribution >= 4 is 30.3 Å². The highest BCUT2D eigenvalue weighted by Gasteiger charge is 2.36. The zero-order valence-corrected chi connectivity index (χ0v) is 27.9. The number of rotatable bonds is 11. The second kappa shape index (κ2) is 16.0. The predicted molar refractivity (Wildman–Crippen MR) is 162 cm³/mol. The molecule has 0 unspecified atom stereocenters. The zero-order chi connectivity index (χ0) is 29.1. The molecule has 0 saturated carbocycles. The molecular weight excluding hydrogens is 541 g/mol. The van der Waals surface area contributed by atoms with Gasteiger partial charge in [0.2, 0.25) is 0 Å². The lowest BCUT2D eigenvalue weighted by Crippen LogP contribution is -2.51. The van der Waals surface area contributed by atoms with E-state index in [1.165, 1.54) is 0 Å². The molecular formula is C27H54N2O6S2Si. The van der Waals surface area contributed by atoms with Gasteiger partial charge in [-0.1, -0.05) is 0 Å². The summed E-state index contributed by atoms with van der Waals surface area (Å²) in [6.45, 7) is 20.2. The summed E-state index contributed by atoms with van der Waals surface area (Å²) in [7, 11) is -4.13. The Morgan fingerprint density at radius 1 is 0.895 bits per heavy atom. The Morgan fingerprint density at radius 3 is 1.66 bits per heavy atom. The minimum Gasteiger partial charge on any atom is -0.497 e. The van der Waals surface area contributed by atoms with Crippen molar-refractivity contribution in [3.05, 3.63) is 24.7 Å². The summed E-state index contributed by atoms with van der Waals surface area (Å²) in [5, 5.41) is 9.29. The topological polar surface area (TPSA) is 106 Å². The maximum absolute atomic E-state index is 12.5. The average molecular weight is 595 g/mol. The van der Waals surface area contributed by atoms with Crippen LogP contribution in [-0.4, -0.2) is 68.3 Å². The minimum atomic E-state index is -1.84. The Balaban J connectivity index is 0.000000399. The van der Waals surface area contributed by atoms with E-state index in [0.717, 1.165) is 31.7 Å². The van der Waals surface area contributed by atoms with Crippen molar-refractivity contribution in [2.75, 3.05) is 6.61 Å². The Bertz CT molecular complexity index is 808. The minimum absolute atomic E-state index is 0.0606. The average Bonchev–Trinajstić information content (AvgIpc) is 2.81. The molecule has 0 radical (unpaired) electrons. The number of hydrogen-bond donors (Lipinski definition) is 3. The molecule has 2 heterocycles. The molecule has 224 valence electrons. The van der Waals surface area contributed by atoms with Gasteiger partial charge in [-0.2, -0.15) is 0 Å². The van der Waals surface area contributed by atoms with E-state index in [1.807, 2.05) is 53.7 Å². The summed E-state index contributed by atoms with van der Waals surface area (Å²) in [5.74, 6) is 0. The Morgan fingerprint density at radius 2 is 1.32 bits per heavy atom. The highest BCUT2D eigenvalue weighted by molar-refractivity contribution is 7.84. The predicted octanol–water partition coefficient (Wildman–Crippen LogP) is 4.82. The fourth-order valence-corrected chi connectivity index (χ4v) is 8.69. The number of ether oxygens (including phenoxy) is 2. The van der Waals surface area contributed by atoms with Gasteiger partial charge in [0, 0.05) is 6.10 Å². The van der Waals surface area contributed by atoms with Crippen LogP contribution in [0.4, 0.5) is 0 Å². The van der Waals surface area contributed by atoms with Crippen molar-refractivity contribution in [2.24, 2.45) is 0 Å². The second-order valence-electron chi connectivity index (χ2n) is 12.8. The summed E-state index contributed by atoms with van der Waals surface area (Å²) >= 11 is 0. The quantitative estimate of drug-likeness (QED) is 0.296. The number of allylic oxidation sites excluding steroid dienone is 2. The number of hydrogen-bond acceptors (Lipinski definition) is 6. The fraction of sp³-hybridized carbons (Fsp3) is 0.852. The molecule has 11 heteroatoms. The number of nitrogens with one attached hydrogen (secondary N) is 2. The number of aliphatic hydroxyl groups is 1. The van der Waals surface area contributed by atoms with E-state index < -0.39 is 30.3 Å². The van der Waals surface area contributed by atoms with E-state index in [0.29, 0.717) is 0 Å². The SMILES string of the molecule is CC(C)(C)[S@](=O)N[C@@H](CO)[C@@H]1CCC=CO1.CC(C)O[Si](C)(C)C[C@H](N[S@@](=O)C(C)(C)C)[C@@H]1CCC=CO1. The smallest absolute Gasteiger partial charge is 0.188 e. The highest BCUT2D eigenvalue weighted by atomic mass is 32.2. The summed E-state index contributed by atoms with van der Waals surface area (Å²) in [6.07, 6.45) is 11.4. The van der Waals surface area contributed by atoms with Gasteiger partial charge in [-0.3, -0.25) is 0 Å². The molecule has 0 fully saturated rings.